The van der Waals surface area contributed by atoms with E-state index in [2.05, 4.69) is 99.0 Å². The van der Waals surface area contributed by atoms with E-state index in [0.717, 1.165) is 69.4 Å². The maximum Gasteiger partial charge on any atom is 0.0787 e. The van der Waals surface area contributed by atoms with Crippen LogP contribution in [-0.4, -0.2) is 37.1 Å². The van der Waals surface area contributed by atoms with Gasteiger partial charge in [0.2, 0.25) is 0 Å². The third-order valence-electron chi connectivity index (χ3n) is 9.89. The van der Waals surface area contributed by atoms with E-state index in [1.165, 1.54) is 32.6 Å². The number of unbranched alkanes of at least 4 members (excludes halogenated alkanes) is 2. The van der Waals surface area contributed by atoms with Crippen molar-refractivity contribution in [2.45, 2.75) is 45.4 Å². The quantitative estimate of drug-likeness (QED) is 0.121. The number of pyridine rings is 2. The second kappa shape index (κ2) is 14.9. The fourth-order valence-electron chi connectivity index (χ4n) is 7.64. The van der Waals surface area contributed by atoms with Gasteiger partial charge in [0.25, 0.3) is 0 Å². The molecule has 4 aromatic heterocycles. The minimum absolute atomic E-state index is 0.679. The number of hydrogen-bond donors (Lipinski definition) is 1. The Labute approximate surface area is 308 Å². The fourth-order valence-corrected chi connectivity index (χ4v) is 8.06. The highest BCUT2D eigenvalue weighted by Gasteiger charge is 2.21. The minimum atomic E-state index is 0.679. The van der Waals surface area contributed by atoms with Crippen LogP contribution in [0.1, 0.15) is 41.8 Å². The molecule has 8 heteroatoms. The number of nitrogens with zero attached hydrogens (tertiary/aromatic N) is 5. The molecular formula is C43H40Cl2N6. The van der Waals surface area contributed by atoms with E-state index in [0.29, 0.717) is 32.7 Å². The monoisotopic (exact) mass is 710 g/mol. The molecule has 0 amide bonds. The highest BCUT2D eigenvalue weighted by Crippen LogP contribution is 2.34. The largest absolute Gasteiger partial charge is 0.334 e. The summed E-state index contributed by atoms with van der Waals surface area (Å²) in [4.78, 5) is 12.7. The van der Waals surface area contributed by atoms with Crippen molar-refractivity contribution in [3.63, 3.8) is 0 Å². The topological polar surface area (TPSA) is 64.9 Å². The Morgan fingerprint density at radius 3 is 1.55 bits per heavy atom. The Kier molecular flexibility index (Phi) is 9.74. The molecule has 8 rings (SSSR count). The summed E-state index contributed by atoms with van der Waals surface area (Å²) in [5, 5.41) is 6.36. The molecule has 0 radical (unpaired) electrons. The molecule has 0 unspecified atom stereocenters. The van der Waals surface area contributed by atoms with Crippen molar-refractivity contribution in [2.75, 3.05) is 13.1 Å². The number of aromatic nitrogens is 4. The summed E-state index contributed by atoms with van der Waals surface area (Å²) < 4.78 is 4.82. The standard InChI is InChI=1S/C43H40Cl2N6/c44-32-12-8-10-30(24-32)26-50-40-16-4-2-14-34(40)36-18-21-47-38(42(36)50)28-49(23-7-1-6-20-46)29-39-43-37(19-22-48-39)35-15-3-5-17-41(35)51(43)27-31-11-9-13-33(45)25-31/h2-5,8-19,21-22,24-25H,1,6-7,20,23,26-29,46H2. The number of para-hydroxylation sites is 2. The number of fused-ring (bicyclic) bond motifs is 6. The normalized spacial score (nSPS) is 11.9. The smallest absolute Gasteiger partial charge is 0.0787 e. The Morgan fingerprint density at radius 2 is 1.06 bits per heavy atom. The summed E-state index contributed by atoms with van der Waals surface area (Å²) in [7, 11) is 0. The summed E-state index contributed by atoms with van der Waals surface area (Å²) >= 11 is 12.9. The van der Waals surface area contributed by atoms with Crippen LogP contribution in [0.15, 0.2) is 122 Å². The first-order valence-electron chi connectivity index (χ1n) is 17.7. The average molecular weight is 712 g/mol. The lowest BCUT2D eigenvalue weighted by Gasteiger charge is -2.23. The summed E-state index contributed by atoms with van der Waals surface area (Å²) in [6.45, 7) is 4.36. The van der Waals surface area contributed by atoms with E-state index >= 15 is 0 Å². The van der Waals surface area contributed by atoms with Crippen molar-refractivity contribution < 1.29 is 0 Å². The molecule has 4 aromatic carbocycles. The van der Waals surface area contributed by atoms with Gasteiger partial charge in [-0.3, -0.25) is 14.9 Å². The summed E-state index contributed by atoms with van der Waals surface area (Å²) in [6, 6.07) is 37.9. The van der Waals surface area contributed by atoms with Gasteiger partial charge in [0.1, 0.15) is 0 Å². The van der Waals surface area contributed by atoms with Crippen LogP contribution in [0.5, 0.6) is 0 Å². The zero-order valence-electron chi connectivity index (χ0n) is 28.5. The van der Waals surface area contributed by atoms with Crippen LogP contribution in [0.3, 0.4) is 0 Å². The van der Waals surface area contributed by atoms with Crippen molar-refractivity contribution >= 4 is 66.8 Å². The van der Waals surface area contributed by atoms with E-state index < -0.39 is 0 Å². The zero-order chi connectivity index (χ0) is 34.7. The van der Waals surface area contributed by atoms with Gasteiger partial charge in [-0.15, -0.1) is 0 Å². The molecule has 0 aliphatic heterocycles. The predicted octanol–water partition coefficient (Wildman–Crippen LogP) is 10.2. The summed E-state index contributed by atoms with van der Waals surface area (Å²) in [6.07, 6.45) is 7.05. The molecule has 8 aromatic rings. The van der Waals surface area contributed by atoms with Crippen molar-refractivity contribution in [3.8, 4) is 0 Å². The maximum atomic E-state index is 6.45. The molecule has 51 heavy (non-hydrogen) atoms. The van der Waals surface area contributed by atoms with Crippen LogP contribution in [0.25, 0.3) is 43.6 Å². The van der Waals surface area contributed by atoms with Crippen molar-refractivity contribution in [1.29, 1.82) is 0 Å². The fraction of sp³-hybridized carbons (Fsp3) is 0.209. The predicted molar refractivity (Wildman–Crippen MR) is 213 cm³/mol. The highest BCUT2D eigenvalue weighted by molar-refractivity contribution is 6.31. The van der Waals surface area contributed by atoms with Crippen LogP contribution in [-0.2, 0) is 26.2 Å². The van der Waals surface area contributed by atoms with E-state index in [9.17, 15) is 0 Å². The molecule has 0 atom stereocenters. The van der Waals surface area contributed by atoms with Gasteiger partial charge in [0.15, 0.2) is 0 Å². The lowest BCUT2D eigenvalue weighted by atomic mass is 10.1. The Morgan fingerprint density at radius 1 is 0.549 bits per heavy atom. The van der Waals surface area contributed by atoms with Gasteiger partial charge in [0.05, 0.1) is 22.4 Å². The van der Waals surface area contributed by atoms with Crippen molar-refractivity contribution in [3.05, 3.63) is 154 Å². The molecule has 6 nitrogen and oxygen atoms in total. The van der Waals surface area contributed by atoms with Crippen LogP contribution < -0.4 is 5.73 Å². The van der Waals surface area contributed by atoms with Gasteiger partial charge >= 0.3 is 0 Å². The third kappa shape index (κ3) is 6.85. The number of rotatable bonds is 13. The van der Waals surface area contributed by atoms with Gasteiger partial charge in [-0.1, -0.05) is 90.3 Å². The third-order valence-corrected chi connectivity index (χ3v) is 10.4. The molecule has 0 fully saturated rings. The number of benzene rings is 4. The van der Waals surface area contributed by atoms with E-state index in [1.807, 2.05) is 36.7 Å². The van der Waals surface area contributed by atoms with Gasteiger partial charge in [0, 0.05) is 81.2 Å². The second-order valence-electron chi connectivity index (χ2n) is 13.3. The van der Waals surface area contributed by atoms with Gasteiger partial charge < -0.3 is 14.9 Å². The minimum Gasteiger partial charge on any atom is -0.334 e. The molecule has 0 aliphatic rings. The Balaban J connectivity index is 1.23. The molecule has 4 heterocycles. The molecule has 0 aliphatic carbocycles. The van der Waals surface area contributed by atoms with Gasteiger partial charge in [-0.05, 0) is 85.6 Å². The van der Waals surface area contributed by atoms with Gasteiger partial charge in [-0.2, -0.15) is 0 Å². The first-order chi connectivity index (χ1) is 25.1. The van der Waals surface area contributed by atoms with Crippen LogP contribution in [0.4, 0.5) is 0 Å². The second-order valence-corrected chi connectivity index (χ2v) is 14.2. The molecule has 0 saturated heterocycles. The lowest BCUT2D eigenvalue weighted by molar-refractivity contribution is 0.246. The summed E-state index contributed by atoms with van der Waals surface area (Å²) in [5.41, 5.74) is 15.0. The number of halogens is 2. The zero-order valence-corrected chi connectivity index (χ0v) is 30.0. The highest BCUT2D eigenvalue weighted by atomic mass is 35.5. The number of nitrogens with two attached hydrogens (primary N) is 1. The van der Waals surface area contributed by atoms with E-state index in [4.69, 9.17) is 38.9 Å². The van der Waals surface area contributed by atoms with Crippen molar-refractivity contribution in [1.82, 2.24) is 24.0 Å². The average Bonchev–Trinajstić information content (AvgIpc) is 3.64. The van der Waals surface area contributed by atoms with E-state index in [-0.39, 0.29) is 0 Å². The molecule has 0 saturated carbocycles. The van der Waals surface area contributed by atoms with Crippen LogP contribution >= 0.6 is 23.2 Å². The Hall–Kier alpha value is -4.72. The van der Waals surface area contributed by atoms with Crippen molar-refractivity contribution in [2.24, 2.45) is 5.73 Å². The first-order valence-corrected chi connectivity index (χ1v) is 18.4. The summed E-state index contributed by atoms with van der Waals surface area (Å²) in [5.74, 6) is 0. The molecule has 0 bridgehead atoms. The molecule has 256 valence electrons. The molecule has 0 spiro atoms. The van der Waals surface area contributed by atoms with E-state index in [1.54, 1.807) is 0 Å². The first kappa shape index (κ1) is 33.4. The number of hydrogen-bond acceptors (Lipinski definition) is 4. The van der Waals surface area contributed by atoms with Crippen LogP contribution in [0.2, 0.25) is 10.0 Å². The van der Waals surface area contributed by atoms with Crippen LogP contribution in [0, 0.1) is 0 Å². The SMILES string of the molecule is NCCCCCN(Cc1nccc2c3ccccc3n(Cc3cccc(Cl)c3)c12)Cc1nccc2c3ccccc3n(Cc3cccc(Cl)c3)c12. The van der Waals surface area contributed by atoms with Gasteiger partial charge in [-0.25, -0.2) is 0 Å². The Bertz CT molecular complexity index is 2310. The maximum absolute atomic E-state index is 6.45. The molecule has 2 N–H and O–H groups in total. The molecular weight excluding hydrogens is 671 g/mol. The lowest BCUT2D eigenvalue weighted by Crippen LogP contribution is -2.26.